The summed E-state index contributed by atoms with van der Waals surface area (Å²) in [5.74, 6) is 0.800. The van der Waals surface area contributed by atoms with Crippen LogP contribution in [0, 0.1) is 16.7 Å². The van der Waals surface area contributed by atoms with Crippen molar-refractivity contribution in [3.8, 4) is 6.01 Å². The van der Waals surface area contributed by atoms with Gasteiger partial charge in [-0.2, -0.15) is 9.97 Å². The van der Waals surface area contributed by atoms with E-state index in [1.54, 1.807) is 0 Å². The van der Waals surface area contributed by atoms with Crippen LogP contribution in [0.2, 0.25) is 0 Å². The van der Waals surface area contributed by atoms with Gasteiger partial charge in [0.2, 0.25) is 0 Å². The number of unbranched alkanes of at least 4 members (excludes halogenated alkanes) is 3. The highest BCUT2D eigenvalue weighted by atomic mass is 19.1. The van der Waals surface area contributed by atoms with Crippen molar-refractivity contribution in [1.82, 2.24) is 9.97 Å². The second-order valence-electron chi connectivity index (χ2n) is 15.5. The molecule has 3 aliphatic rings. The predicted molar refractivity (Wildman–Crippen MR) is 211 cm³/mol. The number of hydrogen-bond acceptors (Lipinski definition) is 8. The van der Waals surface area contributed by atoms with E-state index in [9.17, 15) is 0 Å². The molecule has 3 unspecified atom stereocenters. The second-order valence-corrected chi connectivity index (χ2v) is 15.5. The van der Waals surface area contributed by atoms with Crippen LogP contribution in [-0.2, 0) is 4.74 Å². The summed E-state index contributed by atoms with van der Waals surface area (Å²) in [6.07, 6.45) is 14.0. The Labute approximate surface area is 305 Å². The monoisotopic (exact) mass is 700 g/mol. The van der Waals surface area contributed by atoms with E-state index in [0.29, 0.717) is 78.3 Å². The summed E-state index contributed by atoms with van der Waals surface area (Å²) in [5, 5.41) is 8.38. The lowest BCUT2D eigenvalue weighted by Gasteiger charge is -2.32. The Balaban J connectivity index is 1.75. The molecule has 5 rings (SSSR count). The molecular weight excluding hydrogens is 640 g/mol. The third-order valence-corrected chi connectivity index (χ3v) is 10.8. The summed E-state index contributed by atoms with van der Waals surface area (Å²) in [7, 11) is 0. The lowest BCUT2D eigenvalue weighted by atomic mass is 9.81. The fraction of sp³-hybridized carbons (Fsp3) is 0.619. The van der Waals surface area contributed by atoms with E-state index in [4.69, 9.17) is 35.6 Å². The zero-order valence-electron chi connectivity index (χ0n) is 32.2. The predicted octanol–water partition coefficient (Wildman–Crippen LogP) is 10.1. The van der Waals surface area contributed by atoms with Crippen LogP contribution in [0.3, 0.4) is 0 Å². The summed E-state index contributed by atoms with van der Waals surface area (Å²) >= 11 is 0. The number of hydrogen-bond donors (Lipinski definition) is 2. The Morgan fingerprint density at radius 1 is 1.16 bits per heavy atom. The third kappa shape index (κ3) is 8.90. The van der Waals surface area contributed by atoms with Gasteiger partial charge in [-0.05, 0) is 81.0 Å². The van der Waals surface area contributed by atoms with E-state index in [0.717, 1.165) is 62.5 Å². The molecule has 2 heterocycles. The van der Waals surface area contributed by atoms with Crippen LogP contribution in [0.25, 0.3) is 17.0 Å². The zero-order chi connectivity index (χ0) is 36.7. The van der Waals surface area contributed by atoms with Crippen molar-refractivity contribution in [3.63, 3.8) is 0 Å². The molecule has 1 saturated heterocycles. The van der Waals surface area contributed by atoms with Crippen molar-refractivity contribution in [2.24, 2.45) is 16.3 Å². The zero-order valence-corrected chi connectivity index (χ0v) is 32.2. The third-order valence-electron chi connectivity index (χ3n) is 10.8. The molecule has 2 aliphatic carbocycles. The molecule has 0 spiro atoms. The number of anilines is 2. The standard InChI is InChI=1S/C42H61FN6O2/c1-8-12-14-18-42(7,17-13-9-2)26-51-41-47-39-36(40(48-41)49-19-20-50-25-27(5)24-49)31(11-4)38(46-28(6)10-3)35(37(39)43)32-21-30(29-15-16-29)22-34(45)33(32)23-44/h11,21-23,27-29,44H,8-10,12-20,24-26,45H2,1-7H3/b31-11-,44-23?,46-38?. The lowest BCUT2D eigenvalue weighted by molar-refractivity contribution is 0.125. The molecule has 2 aromatic rings. The molecule has 0 amide bonds. The van der Waals surface area contributed by atoms with Gasteiger partial charge in [-0.25, -0.2) is 4.39 Å². The molecule has 51 heavy (non-hydrogen) atoms. The average Bonchev–Trinajstić information content (AvgIpc) is 3.99. The van der Waals surface area contributed by atoms with E-state index in [1.807, 2.05) is 25.1 Å². The molecule has 3 N–H and O–H groups in total. The van der Waals surface area contributed by atoms with Crippen molar-refractivity contribution < 1.29 is 13.9 Å². The van der Waals surface area contributed by atoms with Gasteiger partial charge in [0.1, 0.15) is 11.5 Å². The number of aromatic nitrogens is 2. The maximum atomic E-state index is 17.8. The Morgan fingerprint density at radius 2 is 1.90 bits per heavy atom. The Kier molecular flexibility index (Phi) is 13.1. The van der Waals surface area contributed by atoms with Gasteiger partial charge in [-0.1, -0.05) is 72.8 Å². The Hall–Kier alpha value is -3.59. The number of nitrogens with one attached hydrogen (secondary N) is 1. The minimum atomic E-state index is -0.489. The van der Waals surface area contributed by atoms with Gasteiger partial charge < -0.3 is 25.5 Å². The molecule has 8 nitrogen and oxygen atoms in total. The van der Waals surface area contributed by atoms with Gasteiger partial charge >= 0.3 is 6.01 Å². The highest BCUT2D eigenvalue weighted by Gasteiger charge is 2.38. The van der Waals surface area contributed by atoms with Crippen molar-refractivity contribution in [3.05, 3.63) is 46.2 Å². The number of nitrogens with two attached hydrogens (primary N) is 1. The van der Waals surface area contributed by atoms with Gasteiger partial charge in [0, 0.05) is 53.2 Å². The lowest BCUT2D eigenvalue weighted by Crippen LogP contribution is -2.33. The summed E-state index contributed by atoms with van der Waals surface area (Å²) in [6, 6.07) is 4.09. The first-order valence-electron chi connectivity index (χ1n) is 19.5. The molecule has 3 atom stereocenters. The number of aliphatic imine (C=N–C) groups is 1. The van der Waals surface area contributed by atoms with Crippen LogP contribution < -0.4 is 15.4 Å². The van der Waals surface area contributed by atoms with Crippen LogP contribution in [0.15, 0.2) is 23.2 Å². The number of nitrogen functional groups attached to an aromatic ring is 1. The molecule has 9 heteroatoms. The molecule has 1 aromatic heterocycles. The fourth-order valence-electron chi connectivity index (χ4n) is 7.38. The molecule has 1 aliphatic heterocycles. The van der Waals surface area contributed by atoms with Gasteiger partial charge in [-0.3, -0.25) is 4.99 Å². The van der Waals surface area contributed by atoms with Gasteiger partial charge in [0.15, 0.2) is 5.83 Å². The van der Waals surface area contributed by atoms with E-state index >= 15 is 4.39 Å². The van der Waals surface area contributed by atoms with Crippen molar-refractivity contribution in [2.75, 3.05) is 43.5 Å². The van der Waals surface area contributed by atoms with Crippen LogP contribution in [-0.4, -0.2) is 60.8 Å². The molecule has 2 fully saturated rings. The minimum Gasteiger partial charge on any atom is -0.463 e. The van der Waals surface area contributed by atoms with E-state index in [1.165, 1.54) is 19.1 Å². The van der Waals surface area contributed by atoms with Crippen LogP contribution in [0.1, 0.15) is 147 Å². The Morgan fingerprint density at radius 3 is 2.57 bits per heavy atom. The van der Waals surface area contributed by atoms with E-state index in [2.05, 4.69) is 46.4 Å². The SMILES string of the molecule is C/C=C1\C(=NC(C)CC)C(c2cc(C3CC3)cc(N)c2C=N)=C(F)c2nc(OCC(C)(CCCC)CCCCC)nc(N3CCOCC(C)C3)c21. The number of halogens is 1. The molecule has 278 valence electrons. The maximum Gasteiger partial charge on any atom is 0.319 e. The van der Waals surface area contributed by atoms with E-state index in [-0.39, 0.29) is 29.1 Å². The number of allylic oxidation sites excluding steroid dienone is 3. The van der Waals surface area contributed by atoms with Crippen LogP contribution in [0.5, 0.6) is 6.01 Å². The summed E-state index contributed by atoms with van der Waals surface area (Å²) in [4.78, 5) is 17.4. The molecule has 0 bridgehead atoms. The number of ether oxygens (including phenoxy) is 2. The fourth-order valence-corrected chi connectivity index (χ4v) is 7.38. The number of nitrogens with zero attached hydrogens (tertiary/aromatic N) is 4. The van der Waals surface area contributed by atoms with Crippen molar-refractivity contribution in [1.29, 1.82) is 5.41 Å². The number of rotatable bonds is 16. The summed E-state index contributed by atoms with van der Waals surface area (Å²) in [6.45, 7) is 18.0. The first-order valence-corrected chi connectivity index (χ1v) is 19.5. The summed E-state index contributed by atoms with van der Waals surface area (Å²) in [5.41, 5.74) is 11.7. The smallest absolute Gasteiger partial charge is 0.319 e. The van der Waals surface area contributed by atoms with Crippen molar-refractivity contribution >= 4 is 40.4 Å². The number of fused-ring (bicyclic) bond motifs is 1. The maximum absolute atomic E-state index is 17.8. The van der Waals surface area contributed by atoms with Gasteiger partial charge in [0.25, 0.3) is 0 Å². The largest absolute Gasteiger partial charge is 0.463 e. The number of benzene rings is 1. The molecular formula is C42H61FN6O2. The normalized spacial score (nSPS) is 21.4. The topological polar surface area (TPSA) is 110 Å². The summed E-state index contributed by atoms with van der Waals surface area (Å²) < 4.78 is 30.4. The molecule has 1 aromatic carbocycles. The van der Waals surface area contributed by atoms with Crippen LogP contribution in [0.4, 0.5) is 15.9 Å². The minimum absolute atomic E-state index is 0.0423. The Bertz CT molecular complexity index is 1650. The molecule has 0 radical (unpaired) electrons. The second kappa shape index (κ2) is 17.3. The van der Waals surface area contributed by atoms with Gasteiger partial charge in [0.05, 0.1) is 31.1 Å². The highest BCUT2D eigenvalue weighted by Crippen LogP contribution is 2.48. The first kappa shape index (κ1) is 38.6. The quantitative estimate of drug-likeness (QED) is 0.102. The van der Waals surface area contributed by atoms with E-state index < -0.39 is 5.83 Å². The van der Waals surface area contributed by atoms with Gasteiger partial charge in [-0.15, -0.1) is 0 Å². The van der Waals surface area contributed by atoms with Crippen LogP contribution >= 0.6 is 0 Å². The van der Waals surface area contributed by atoms with Crippen molar-refractivity contribution in [2.45, 2.75) is 125 Å². The average molecular weight is 701 g/mol. The molecule has 1 saturated carbocycles. The highest BCUT2D eigenvalue weighted by molar-refractivity contribution is 6.51. The first-order chi connectivity index (χ1) is 24.6.